The van der Waals surface area contributed by atoms with Crippen molar-refractivity contribution in [2.45, 2.75) is 39.3 Å². The van der Waals surface area contributed by atoms with Crippen molar-refractivity contribution in [3.05, 3.63) is 28.2 Å². The number of aryl methyl sites for hydroxylation is 1. The zero-order chi connectivity index (χ0) is 16.1. The van der Waals surface area contributed by atoms with Gasteiger partial charge in [-0.3, -0.25) is 4.90 Å². The number of thiazole rings is 1. The Labute approximate surface area is 166 Å². The number of guanidine groups is 1. The summed E-state index contributed by atoms with van der Waals surface area (Å²) >= 11 is 1.78. The number of aliphatic imine (C=N–C) groups is 1. The van der Waals surface area contributed by atoms with Gasteiger partial charge in [0.25, 0.3) is 0 Å². The predicted octanol–water partition coefficient (Wildman–Crippen LogP) is 2.74. The lowest BCUT2D eigenvalue weighted by Crippen LogP contribution is -2.42. The Morgan fingerprint density at radius 3 is 2.83 bits per heavy atom. The second kappa shape index (κ2) is 9.72. The highest BCUT2D eigenvalue weighted by molar-refractivity contribution is 14.0. The predicted molar refractivity (Wildman–Crippen MR) is 112 cm³/mol. The maximum atomic E-state index is 4.82. The molecule has 0 spiro atoms. The van der Waals surface area contributed by atoms with Gasteiger partial charge in [0, 0.05) is 49.8 Å². The molecule has 1 aromatic rings. The summed E-state index contributed by atoms with van der Waals surface area (Å²) in [7, 11) is 0. The SMILES string of the molecule is CCNC(=NCc1ncc(CC)s1)N1CCC(N2CC=CC2)C1.I. The normalized spacial score (nSPS) is 21.3. The molecule has 24 heavy (non-hydrogen) atoms. The Morgan fingerprint density at radius 2 is 2.17 bits per heavy atom. The van der Waals surface area contributed by atoms with Crippen LogP contribution in [-0.2, 0) is 13.0 Å². The topological polar surface area (TPSA) is 43.8 Å². The summed E-state index contributed by atoms with van der Waals surface area (Å²) in [5.41, 5.74) is 0. The maximum Gasteiger partial charge on any atom is 0.194 e. The molecule has 7 heteroatoms. The minimum absolute atomic E-state index is 0. The first kappa shape index (κ1) is 19.7. The quantitative estimate of drug-likeness (QED) is 0.317. The third-order valence-electron chi connectivity index (χ3n) is 4.47. The van der Waals surface area contributed by atoms with Crippen LogP contribution in [0.2, 0.25) is 0 Å². The molecule has 5 nitrogen and oxygen atoms in total. The van der Waals surface area contributed by atoms with Crippen molar-refractivity contribution in [2.24, 2.45) is 4.99 Å². The second-order valence-electron chi connectivity index (χ2n) is 6.06. The number of nitrogens with one attached hydrogen (secondary N) is 1. The van der Waals surface area contributed by atoms with Gasteiger partial charge in [-0.25, -0.2) is 9.98 Å². The summed E-state index contributed by atoms with van der Waals surface area (Å²) in [5, 5.41) is 4.55. The molecule has 3 heterocycles. The number of rotatable bonds is 5. The van der Waals surface area contributed by atoms with E-state index in [0.29, 0.717) is 12.6 Å². The molecule has 2 aliphatic rings. The Hall–Kier alpha value is -0.670. The van der Waals surface area contributed by atoms with Gasteiger partial charge < -0.3 is 10.2 Å². The number of halogens is 1. The van der Waals surface area contributed by atoms with Crippen LogP contribution < -0.4 is 5.32 Å². The summed E-state index contributed by atoms with van der Waals surface area (Å²) in [5.74, 6) is 1.04. The molecule has 0 radical (unpaired) electrons. The van der Waals surface area contributed by atoms with E-state index in [1.807, 2.05) is 6.20 Å². The monoisotopic (exact) mass is 461 g/mol. The van der Waals surface area contributed by atoms with E-state index >= 15 is 0 Å². The van der Waals surface area contributed by atoms with E-state index in [1.54, 1.807) is 11.3 Å². The lowest BCUT2D eigenvalue weighted by Gasteiger charge is -2.25. The molecule has 0 aliphatic carbocycles. The minimum Gasteiger partial charge on any atom is -0.357 e. The van der Waals surface area contributed by atoms with E-state index in [9.17, 15) is 0 Å². The van der Waals surface area contributed by atoms with E-state index in [2.05, 4.69) is 46.1 Å². The van der Waals surface area contributed by atoms with Crippen LogP contribution in [0, 0.1) is 0 Å². The zero-order valence-electron chi connectivity index (χ0n) is 14.6. The second-order valence-corrected chi connectivity index (χ2v) is 7.26. The first-order chi connectivity index (χ1) is 11.3. The molecule has 0 aromatic carbocycles. The van der Waals surface area contributed by atoms with E-state index in [0.717, 1.165) is 50.1 Å². The highest BCUT2D eigenvalue weighted by Crippen LogP contribution is 2.19. The molecule has 1 N–H and O–H groups in total. The fraction of sp³-hybridized carbons (Fsp3) is 0.647. The molecule has 1 saturated heterocycles. The summed E-state index contributed by atoms with van der Waals surface area (Å²) in [6.45, 7) is 10.3. The number of aromatic nitrogens is 1. The van der Waals surface area contributed by atoms with Crippen LogP contribution in [0.1, 0.15) is 30.2 Å². The van der Waals surface area contributed by atoms with Crippen LogP contribution in [0.5, 0.6) is 0 Å². The average molecular weight is 461 g/mol. The van der Waals surface area contributed by atoms with E-state index in [4.69, 9.17) is 4.99 Å². The van der Waals surface area contributed by atoms with Crippen LogP contribution in [-0.4, -0.2) is 59.5 Å². The molecular weight excluding hydrogens is 433 g/mol. The molecule has 0 saturated carbocycles. The van der Waals surface area contributed by atoms with Gasteiger partial charge in [0.15, 0.2) is 5.96 Å². The molecule has 1 fully saturated rings. The van der Waals surface area contributed by atoms with E-state index in [1.165, 1.54) is 11.3 Å². The minimum atomic E-state index is 0. The van der Waals surface area contributed by atoms with Crippen molar-refractivity contribution in [2.75, 3.05) is 32.7 Å². The largest absolute Gasteiger partial charge is 0.357 e. The van der Waals surface area contributed by atoms with Crippen LogP contribution in [0.25, 0.3) is 0 Å². The van der Waals surface area contributed by atoms with E-state index < -0.39 is 0 Å². The summed E-state index contributed by atoms with van der Waals surface area (Å²) in [6.07, 6.45) is 8.81. The smallest absolute Gasteiger partial charge is 0.194 e. The van der Waals surface area contributed by atoms with Gasteiger partial charge in [0.2, 0.25) is 0 Å². The Bertz CT molecular complexity index is 563. The molecule has 1 aromatic heterocycles. The van der Waals surface area contributed by atoms with Crippen molar-refractivity contribution in [3.8, 4) is 0 Å². The third-order valence-corrected chi connectivity index (χ3v) is 5.60. The molecule has 134 valence electrons. The highest BCUT2D eigenvalue weighted by Gasteiger charge is 2.29. The first-order valence-corrected chi connectivity index (χ1v) is 9.47. The van der Waals surface area contributed by atoms with Gasteiger partial charge in [-0.15, -0.1) is 35.3 Å². The summed E-state index contributed by atoms with van der Waals surface area (Å²) < 4.78 is 0. The standard InChI is InChI=1S/C17H27N5S.HI/c1-3-15-11-19-16(23-15)12-20-17(18-4-2)22-10-7-14(13-22)21-8-5-6-9-21;/h5-6,11,14H,3-4,7-10,12-13H2,1-2H3,(H,18,20);1H. The van der Waals surface area contributed by atoms with Gasteiger partial charge in [-0.05, 0) is 19.8 Å². The lowest BCUT2D eigenvalue weighted by molar-refractivity contribution is 0.259. The number of hydrogen-bond donors (Lipinski definition) is 1. The Balaban J connectivity index is 0.00000208. The fourth-order valence-corrected chi connectivity index (χ4v) is 3.96. The Kier molecular flexibility index (Phi) is 7.96. The number of nitrogens with zero attached hydrogens (tertiary/aromatic N) is 4. The van der Waals surface area contributed by atoms with Crippen LogP contribution in [0.4, 0.5) is 0 Å². The molecule has 1 unspecified atom stereocenters. The van der Waals surface area contributed by atoms with Crippen molar-refractivity contribution >= 4 is 41.3 Å². The van der Waals surface area contributed by atoms with Crippen molar-refractivity contribution in [1.82, 2.24) is 20.1 Å². The third kappa shape index (κ3) is 4.92. The van der Waals surface area contributed by atoms with Crippen LogP contribution in [0.3, 0.4) is 0 Å². The van der Waals surface area contributed by atoms with Crippen molar-refractivity contribution in [1.29, 1.82) is 0 Å². The molecular formula is C17H28IN5S. The van der Waals surface area contributed by atoms with Gasteiger partial charge in [0.1, 0.15) is 5.01 Å². The fourth-order valence-electron chi connectivity index (χ4n) is 3.18. The average Bonchev–Trinajstić information content (AvgIpc) is 3.32. The molecule has 0 amide bonds. The Morgan fingerprint density at radius 1 is 1.38 bits per heavy atom. The van der Waals surface area contributed by atoms with Crippen LogP contribution >= 0.6 is 35.3 Å². The number of hydrogen-bond acceptors (Lipinski definition) is 4. The molecule has 2 aliphatic heterocycles. The summed E-state index contributed by atoms with van der Waals surface area (Å²) in [4.78, 5) is 15.6. The number of likely N-dealkylation sites (tertiary alicyclic amines) is 1. The molecule has 0 bridgehead atoms. The summed E-state index contributed by atoms with van der Waals surface area (Å²) in [6, 6.07) is 0.653. The maximum absolute atomic E-state index is 4.82. The highest BCUT2D eigenvalue weighted by atomic mass is 127. The van der Waals surface area contributed by atoms with Gasteiger partial charge in [0.05, 0.1) is 6.54 Å². The van der Waals surface area contributed by atoms with E-state index in [-0.39, 0.29) is 24.0 Å². The first-order valence-electron chi connectivity index (χ1n) is 8.66. The molecule has 3 rings (SSSR count). The zero-order valence-corrected chi connectivity index (χ0v) is 17.7. The lowest BCUT2D eigenvalue weighted by atomic mass is 10.2. The van der Waals surface area contributed by atoms with Gasteiger partial charge in [-0.1, -0.05) is 19.1 Å². The molecule has 1 atom stereocenters. The van der Waals surface area contributed by atoms with Gasteiger partial charge >= 0.3 is 0 Å². The van der Waals surface area contributed by atoms with Crippen LogP contribution in [0.15, 0.2) is 23.3 Å². The van der Waals surface area contributed by atoms with Crippen molar-refractivity contribution < 1.29 is 0 Å². The van der Waals surface area contributed by atoms with Crippen molar-refractivity contribution in [3.63, 3.8) is 0 Å². The van der Waals surface area contributed by atoms with Gasteiger partial charge in [-0.2, -0.15) is 0 Å².